The van der Waals surface area contributed by atoms with E-state index in [1.54, 1.807) is 0 Å². The van der Waals surface area contributed by atoms with Crippen molar-refractivity contribution in [3.63, 3.8) is 0 Å². The number of hydrogen-bond donors (Lipinski definition) is 1. The summed E-state index contributed by atoms with van der Waals surface area (Å²) in [4.78, 5) is 4.13. The molecule has 0 saturated heterocycles. The maximum Gasteiger partial charge on any atom is 0.0383 e. The van der Waals surface area contributed by atoms with E-state index in [1.807, 2.05) is 19.2 Å². The molecule has 0 saturated carbocycles. The molecule has 1 rings (SSSR count). The minimum absolute atomic E-state index is 0.575. The third-order valence-corrected chi connectivity index (χ3v) is 2.29. The smallest absolute Gasteiger partial charge is 0.0383 e. The van der Waals surface area contributed by atoms with Crippen LogP contribution in [0.3, 0.4) is 0 Å². The van der Waals surface area contributed by atoms with Crippen molar-refractivity contribution in [2.75, 3.05) is 0 Å². The van der Waals surface area contributed by atoms with Crippen LogP contribution in [-0.2, 0) is 6.54 Å². The van der Waals surface area contributed by atoms with Gasteiger partial charge in [-0.25, -0.2) is 0 Å². The molecule has 54 valence electrons. The second-order valence-corrected chi connectivity index (χ2v) is 3.28. The molecule has 1 aromatic heterocycles. The van der Waals surface area contributed by atoms with Crippen molar-refractivity contribution in [3.8, 4) is 0 Å². The van der Waals surface area contributed by atoms with Gasteiger partial charge >= 0.3 is 0 Å². The summed E-state index contributed by atoms with van der Waals surface area (Å²) in [5.74, 6) is 0. The molecule has 0 aliphatic carbocycles. The van der Waals surface area contributed by atoms with Crippen molar-refractivity contribution in [1.82, 2.24) is 4.98 Å². The summed E-state index contributed by atoms with van der Waals surface area (Å²) in [6, 6.07) is 2.03. The third kappa shape index (κ3) is 1.67. The Morgan fingerprint density at radius 3 is 2.90 bits per heavy atom. The number of aromatic nitrogens is 1. The SMILES string of the molecule is Cc1cc(I)c(CN)cn1. The summed E-state index contributed by atoms with van der Waals surface area (Å²) >= 11 is 2.27. The van der Waals surface area contributed by atoms with Crippen molar-refractivity contribution < 1.29 is 0 Å². The molecule has 1 heterocycles. The molecular formula is C7H9IN2. The topological polar surface area (TPSA) is 38.9 Å². The number of rotatable bonds is 1. The van der Waals surface area contributed by atoms with Gasteiger partial charge < -0.3 is 5.73 Å². The van der Waals surface area contributed by atoms with Crippen LogP contribution in [0.5, 0.6) is 0 Å². The lowest BCUT2D eigenvalue weighted by molar-refractivity contribution is 1.02. The van der Waals surface area contributed by atoms with Crippen LogP contribution in [0.1, 0.15) is 11.3 Å². The Balaban J connectivity index is 3.07. The fourth-order valence-corrected chi connectivity index (χ4v) is 1.52. The lowest BCUT2D eigenvalue weighted by Gasteiger charge is -1.99. The minimum atomic E-state index is 0.575. The first-order valence-corrected chi connectivity index (χ1v) is 4.13. The second kappa shape index (κ2) is 3.30. The standard InChI is InChI=1S/C7H9IN2/c1-5-2-7(8)6(3-9)4-10-5/h2,4H,3,9H2,1H3. The van der Waals surface area contributed by atoms with Crippen LogP contribution in [-0.4, -0.2) is 4.98 Å². The van der Waals surface area contributed by atoms with E-state index in [9.17, 15) is 0 Å². The van der Waals surface area contributed by atoms with Crippen molar-refractivity contribution in [2.45, 2.75) is 13.5 Å². The molecule has 1 aromatic rings. The highest BCUT2D eigenvalue weighted by molar-refractivity contribution is 14.1. The molecule has 3 heteroatoms. The zero-order valence-electron chi connectivity index (χ0n) is 5.76. The van der Waals surface area contributed by atoms with Crippen LogP contribution < -0.4 is 5.73 Å². The van der Waals surface area contributed by atoms with E-state index in [2.05, 4.69) is 27.6 Å². The van der Waals surface area contributed by atoms with Gasteiger partial charge in [-0.3, -0.25) is 4.98 Å². The average molecular weight is 248 g/mol. The number of halogens is 1. The first kappa shape index (κ1) is 7.94. The highest BCUT2D eigenvalue weighted by Crippen LogP contribution is 2.10. The normalized spacial score (nSPS) is 9.90. The maximum atomic E-state index is 5.46. The molecule has 0 bridgehead atoms. The molecule has 0 unspecified atom stereocenters. The van der Waals surface area contributed by atoms with E-state index in [1.165, 1.54) is 3.57 Å². The first-order valence-electron chi connectivity index (χ1n) is 3.05. The molecule has 0 spiro atoms. The van der Waals surface area contributed by atoms with Crippen LogP contribution in [0.25, 0.3) is 0 Å². The molecular weight excluding hydrogens is 239 g/mol. The van der Waals surface area contributed by atoms with E-state index in [-0.39, 0.29) is 0 Å². The summed E-state index contributed by atoms with van der Waals surface area (Å²) in [5, 5.41) is 0. The average Bonchev–Trinajstić information content (AvgIpc) is 1.88. The van der Waals surface area contributed by atoms with Gasteiger partial charge in [0.2, 0.25) is 0 Å². The van der Waals surface area contributed by atoms with E-state index in [0.29, 0.717) is 6.54 Å². The minimum Gasteiger partial charge on any atom is -0.326 e. The van der Waals surface area contributed by atoms with Crippen molar-refractivity contribution in [1.29, 1.82) is 0 Å². The third-order valence-electron chi connectivity index (χ3n) is 1.29. The van der Waals surface area contributed by atoms with Crippen LogP contribution >= 0.6 is 22.6 Å². The van der Waals surface area contributed by atoms with Crippen LogP contribution in [0.4, 0.5) is 0 Å². The van der Waals surface area contributed by atoms with Gasteiger partial charge in [-0.2, -0.15) is 0 Å². The van der Waals surface area contributed by atoms with Gasteiger partial charge in [0.25, 0.3) is 0 Å². The van der Waals surface area contributed by atoms with E-state index >= 15 is 0 Å². The molecule has 0 amide bonds. The van der Waals surface area contributed by atoms with Gasteiger partial charge in [0.15, 0.2) is 0 Å². The summed E-state index contributed by atoms with van der Waals surface area (Å²) in [7, 11) is 0. The van der Waals surface area contributed by atoms with Gasteiger partial charge in [0.05, 0.1) is 0 Å². The Bertz CT molecular complexity index is 235. The molecule has 0 fully saturated rings. The van der Waals surface area contributed by atoms with E-state index in [0.717, 1.165) is 11.3 Å². The Morgan fingerprint density at radius 1 is 1.70 bits per heavy atom. The summed E-state index contributed by atoms with van der Waals surface area (Å²) in [6.07, 6.45) is 1.83. The van der Waals surface area contributed by atoms with Gasteiger partial charge in [0.1, 0.15) is 0 Å². The molecule has 0 aromatic carbocycles. The van der Waals surface area contributed by atoms with Gasteiger partial charge in [-0.05, 0) is 41.1 Å². The molecule has 2 N–H and O–H groups in total. The summed E-state index contributed by atoms with van der Waals surface area (Å²) in [5.41, 5.74) is 7.62. The molecule has 0 atom stereocenters. The van der Waals surface area contributed by atoms with Gasteiger partial charge in [0, 0.05) is 22.0 Å². The van der Waals surface area contributed by atoms with Crippen LogP contribution in [0, 0.1) is 10.5 Å². The predicted octanol–water partition coefficient (Wildman–Crippen LogP) is 1.45. The molecule has 2 nitrogen and oxygen atoms in total. The lowest BCUT2D eigenvalue weighted by atomic mass is 10.2. The Kier molecular flexibility index (Phi) is 2.62. The number of aryl methyl sites for hydroxylation is 1. The van der Waals surface area contributed by atoms with Crippen LogP contribution in [0.2, 0.25) is 0 Å². The molecule has 0 aliphatic heterocycles. The highest BCUT2D eigenvalue weighted by Gasteiger charge is 1.96. The fraction of sp³-hybridized carbons (Fsp3) is 0.286. The largest absolute Gasteiger partial charge is 0.326 e. The Labute approximate surface area is 74.0 Å². The van der Waals surface area contributed by atoms with Crippen molar-refractivity contribution in [2.24, 2.45) is 5.73 Å². The van der Waals surface area contributed by atoms with E-state index < -0.39 is 0 Å². The molecule has 0 aliphatic rings. The predicted molar refractivity (Wildman–Crippen MR) is 49.6 cm³/mol. The van der Waals surface area contributed by atoms with Crippen molar-refractivity contribution >= 4 is 22.6 Å². The van der Waals surface area contributed by atoms with E-state index in [4.69, 9.17) is 5.73 Å². The summed E-state index contributed by atoms with van der Waals surface area (Å²) < 4.78 is 1.20. The zero-order chi connectivity index (χ0) is 7.56. The molecule has 10 heavy (non-hydrogen) atoms. The highest BCUT2D eigenvalue weighted by atomic mass is 127. The second-order valence-electron chi connectivity index (χ2n) is 2.12. The Hall–Kier alpha value is -0.160. The Morgan fingerprint density at radius 2 is 2.40 bits per heavy atom. The molecule has 0 radical (unpaired) electrons. The zero-order valence-corrected chi connectivity index (χ0v) is 7.92. The number of hydrogen-bond acceptors (Lipinski definition) is 2. The summed E-state index contributed by atoms with van der Waals surface area (Å²) in [6.45, 7) is 2.55. The number of nitrogens with two attached hydrogens (primary N) is 1. The monoisotopic (exact) mass is 248 g/mol. The first-order chi connectivity index (χ1) is 4.74. The van der Waals surface area contributed by atoms with Crippen LogP contribution in [0.15, 0.2) is 12.3 Å². The number of pyridine rings is 1. The number of nitrogens with zero attached hydrogens (tertiary/aromatic N) is 1. The van der Waals surface area contributed by atoms with Gasteiger partial charge in [-0.15, -0.1) is 0 Å². The lowest BCUT2D eigenvalue weighted by Crippen LogP contribution is -2.00. The maximum absolute atomic E-state index is 5.46. The van der Waals surface area contributed by atoms with Gasteiger partial charge in [-0.1, -0.05) is 0 Å². The van der Waals surface area contributed by atoms with Crippen molar-refractivity contribution in [3.05, 3.63) is 27.1 Å². The quantitative estimate of drug-likeness (QED) is 0.764. The fourth-order valence-electron chi connectivity index (χ4n) is 0.705.